The monoisotopic (exact) mass is 231 g/mol. The minimum absolute atomic E-state index is 0.0525. The number of nitrogens with zero attached hydrogens (tertiary/aromatic N) is 2. The maximum atomic E-state index is 10.6. The topological polar surface area (TPSA) is 130 Å². The van der Waals surface area contributed by atoms with Gasteiger partial charge in [-0.2, -0.15) is 5.26 Å². The van der Waals surface area contributed by atoms with Crippen molar-refractivity contribution in [3.05, 3.63) is 33.4 Å². The number of phenols is 1. The number of carbonyl (C=O) groups excluding carboxylic acids is 1. The van der Waals surface area contributed by atoms with Crippen LogP contribution in [0.1, 0.15) is 11.1 Å². The first-order valence-electron chi connectivity index (χ1n) is 4.18. The largest absolute Gasteiger partial charge is 0.501 e. The third kappa shape index (κ3) is 2.70. The molecule has 0 heterocycles. The highest BCUT2D eigenvalue weighted by Gasteiger charge is 2.18. The molecule has 0 unspecified atom stereocenters. The predicted octanol–water partition coefficient (Wildman–Crippen LogP) is 0.00888. The minimum Gasteiger partial charge on any atom is -0.501 e. The van der Waals surface area contributed by atoms with Crippen LogP contribution in [0.2, 0.25) is 0 Å². The fraction of sp³-hybridized carbons (Fsp3) is 0. The van der Waals surface area contributed by atoms with Crippen molar-refractivity contribution in [2.45, 2.75) is 0 Å². The summed E-state index contributed by atoms with van der Waals surface area (Å²) in [6.07, 6.45) is 0. The molecule has 0 aliphatic rings. The molecule has 0 spiro atoms. The molecule has 0 aromatic heterocycles. The zero-order valence-corrected chi connectivity index (χ0v) is 8.30. The van der Waals surface area contributed by atoms with Gasteiger partial charge < -0.3 is 10.8 Å². The van der Waals surface area contributed by atoms with Crippen LogP contribution in [0.25, 0.3) is 0 Å². The lowest BCUT2D eigenvalue weighted by molar-refractivity contribution is -0.385. The van der Waals surface area contributed by atoms with Crippen LogP contribution in [0.15, 0.2) is 12.1 Å². The van der Waals surface area contributed by atoms with Crippen LogP contribution in [0, 0.1) is 33.3 Å². The highest BCUT2D eigenvalue weighted by Crippen LogP contribution is 2.30. The Balaban J connectivity index is 3.47. The van der Waals surface area contributed by atoms with Crippen molar-refractivity contribution in [1.82, 2.24) is 0 Å². The van der Waals surface area contributed by atoms with Gasteiger partial charge in [0.15, 0.2) is 0 Å². The molecule has 0 aliphatic heterocycles. The number of primary amides is 1. The van der Waals surface area contributed by atoms with Gasteiger partial charge in [-0.15, -0.1) is 0 Å². The van der Waals surface area contributed by atoms with Crippen molar-refractivity contribution in [1.29, 1.82) is 5.26 Å². The Kier molecular flexibility index (Phi) is 3.28. The Morgan fingerprint density at radius 1 is 1.53 bits per heavy atom. The molecule has 1 rings (SSSR count). The number of nitriles is 1. The van der Waals surface area contributed by atoms with Gasteiger partial charge in [0.1, 0.15) is 0 Å². The standard InChI is InChI=1S/C10H5N3O4/c11-5-6-3-7(1-2-9(12)14)10(15)8(4-6)13(16)17/h3-4,15H,(H2,12,14). The smallest absolute Gasteiger partial charge is 0.313 e. The summed E-state index contributed by atoms with van der Waals surface area (Å²) in [5, 5.41) is 28.7. The molecule has 0 saturated heterocycles. The van der Waals surface area contributed by atoms with Gasteiger partial charge in [0, 0.05) is 12.0 Å². The lowest BCUT2D eigenvalue weighted by Crippen LogP contribution is -2.06. The second-order valence-corrected chi connectivity index (χ2v) is 2.87. The Labute approximate surface area is 95.2 Å². The van der Waals surface area contributed by atoms with E-state index in [-0.39, 0.29) is 11.1 Å². The summed E-state index contributed by atoms with van der Waals surface area (Å²) >= 11 is 0. The van der Waals surface area contributed by atoms with Crippen molar-refractivity contribution < 1.29 is 14.8 Å². The molecule has 0 saturated carbocycles. The zero-order valence-electron chi connectivity index (χ0n) is 8.30. The number of nitro groups is 1. The van der Waals surface area contributed by atoms with Crippen LogP contribution in [-0.2, 0) is 4.79 Å². The number of amides is 1. The lowest BCUT2D eigenvalue weighted by Gasteiger charge is -1.99. The highest BCUT2D eigenvalue weighted by atomic mass is 16.6. The van der Waals surface area contributed by atoms with E-state index in [0.29, 0.717) is 0 Å². The molecule has 84 valence electrons. The number of benzene rings is 1. The van der Waals surface area contributed by atoms with Crippen molar-refractivity contribution in [2.75, 3.05) is 0 Å². The van der Waals surface area contributed by atoms with Gasteiger partial charge in [-0.05, 0) is 6.07 Å². The number of nitro benzene ring substituents is 1. The van der Waals surface area contributed by atoms with Crippen LogP contribution in [0.3, 0.4) is 0 Å². The molecule has 1 amide bonds. The number of carbonyl (C=O) groups is 1. The van der Waals surface area contributed by atoms with Crippen LogP contribution in [0.4, 0.5) is 5.69 Å². The molecule has 0 fully saturated rings. The van der Waals surface area contributed by atoms with E-state index < -0.39 is 22.3 Å². The van der Waals surface area contributed by atoms with E-state index in [1.54, 1.807) is 6.07 Å². The van der Waals surface area contributed by atoms with Crippen LogP contribution < -0.4 is 5.73 Å². The first-order valence-corrected chi connectivity index (χ1v) is 4.18. The van der Waals surface area contributed by atoms with Crippen molar-refractivity contribution >= 4 is 11.6 Å². The van der Waals surface area contributed by atoms with Gasteiger partial charge in [0.25, 0.3) is 5.91 Å². The summed E-state index contributed by atoms with van der Waals surface area (Å²) < 4.78 is 0. The molecule has 0 atom stereocenters. The molecule has 17 heavy (non-hydrogen) atoms. The van der Waals surface area contributed by atoms with E-state index in [1.165, 1.54) is 0 Å². The van der Waals surface area contributed by atoms with E-state index in [4.69, 9.17) is 11.0 Å². The van der Waals surface area contributed by atoms with Gasteiger partial charge in [0.05, 0.1) is 22.1 Å². The Morgan fingerprint density at radius 3 is 2.65 bits per heavy atom. The van der Waals surface area contributed by atoms with E-state index >= 15 is 0 Å². The number of hydrogen-bond donors (Lipinski definition) is 2. The first kappa shape index (κ1) is 12.0. The number of phenolic OH excluding ortho intramolecular Hbond substituents is 1. The summed E-state index contributed by atoms with van der Waals surface area (Å²) in [6.45, 7) is 0. The number of nitrogens with two attached hydrogens (primary N) is 1. The fourth-order valence-corrected chi connectivity index (χ4v) is 1.05. The lowest BCUT2D eigenvalue weighted by atomic mass is 10.1. The summed E-state index contributed by atoms with van der Waals surface area (Å²) in [5.74, 6) is 2.41. The second kappa shape index (κ2) is 4.64. The molecule has 7 nitrogen and oxygen atoms in total. The van der Waals surface area contributed by atoms with E-state index in [2.05, 4.69) is 5.92 Å². The summed E-state index contributed by atoms with van der Waals surface area (Å²) in [4.78, 5) is 20.1. The first-order chi connectivity index (χ1) is 7.95. The van der Waals surface area contributed by atoms with Gasteiger partial charge in [-0.25, -0.2) is 0 Å². The third-order valence-corrected chi connectivity index (χ3v) is 1.74. The Hall–Kier alpha value is -3.06. The van der Waals surface area contributed by atoms with Gasteiger partial charge in [-0.3, -0.25) is 14.9 Å². The van der Waals surface area contributed by atoms with E-state index in [1.807, 2.05) is 5.92 Å². The number of hydrogen-bond acceptors (Lipinski definition) is 5. The van der Waals surface area contributed by atoms with Crippen molar-refractivity contribution in [3.63, 3.8) is 0 Å². The zero-order chi connectivity index (χ0) is 13.0. The van der Waals surface area contributed by atoms with Crippen molar-refractivity contribution in [2.24, 2.45) is 5.73 Å². The molecule has 0 radical (unpaired) electrons. The number of rotatable bonds is 1. The molecular formula is C10H5N3O4. The summed E-state index contributed by atoms with van der Waals surface area (Å²) in [7, 11) is 0. The maximum absolute atomic E-state index is 10.6. The molecular weight excluding hydrogens is 226 g/mol. The van der Waals surface area contributed by atoms with Crippen molar-refractivity contribution in [3.8, 4) is 23.7 Å². The molecule has 1 aromatic carbocycles. The quantitative estimate of drug-likeness (QED) is 0.399. The van der Waals surface area contributed by atoms with Crippen LogP contribution in [-0.4, -0.2) is 15.9 Å². The van der Waals surface area contributed by atoms with Crippen LogP contribution >= 0.6 is 0 Å². The SMILES string of the molecule is N#Cc1cc(C#CC(N)=O)c(O)c([N+](=O)[O-])c1. The Morgan fingerprint density at radius 2 is 2.18 bits per heavy atom. The summed E-state index contributed by atoms with van der Waals surface area (Å²) in [5.41, 5.74) is 3.86. The molecule has 7 heteroatoms. The minimum atomic E-state index is -0.950. The maximum Gasteiger partial charge on any atom is 0.313 e. The fourth-order valence-electron chi connectivity index (χ4n) is 1.05. The van der Waals surface area contributed by atoms with E-state index in [9.17, 15) is 20.0 Å². The van der Waals surface area contributed by atoms with E-state index in [0.717, 1.165) is 12.1 Å². The molecule has 3 N–H and O–H groups in total. The average Bonchev–Trinajstić information content (AvgIpc) is 2.27. The van der Waals surface area contributed by atoms with Gasteiger partial charge in [0.2, 0.25) is 5.75 Å². The molecule has 0 aliphatic carbocycles. The van der Waals surface area contributed by atoms with Gasteiger partial charge in [-0.1, -0.05) is 5.92 Å². The normalized spacial score (nSPS) is 8.65. The van der Waals surface area contributed by atoms with Gasteiger partial charge >= 0.3 is 5.69 Å². The Bertz CT molecular complexity index is 604. The second-order valence-electron chi connectivity index (χ2n) is 2.87. The average molecular weight is 231 g/mol. The molecule has 1 aromatic rings. The summed E-state index contributed by atoms with van der Waals surface area (Å²) in [6, 6.07) is 3.71. The molecule has 0 bridgehead atoms. The van der Waals surface area contributed by atoms with Crippen LogP contribution in [0.5, 0.6) is 5.75 Å². The third-order valence-electron chi connectivity index (χ3n) is 1.74. The highest BCUT2D eigenvalue weighted by molar-refractivity contribution is 5.92. The predicted molar refractivity (Wildman–Crippen MR) is 55.5 cm³/mol. The number of aromatic hydroxyl groups is 1.